The third-order valence-electron chi connectivity index (χ3n) is 5.30. The van der Waals surface area contributed by atoms with E-state index in [9.17, 15) is 14.4 Å². The number of pyridine rings is 1. The lowest BCUT2D eigenvalue weighted by atomic mass is 10.0. The van der Waals surface area contributed by atoms with Crippen molar-refractivity contribution in [2.24, 2.45) is 5.92 Å². The van der Waals surface area contributed by atoms with Gasteiger partial charge < -0.3 is 15.2 Å². The highest BCUT2D eigenvalue weighted by Crippen LogP contribution is 2.19. The van der Waals surface area contributed by atoms with Gasteiger partial charge in [-0.2, -0.15) is 5.10 Å². The van der Waals surface area contributed by atoms with Gasteiger partial charge in [-0.05, 0) is 36.6 Å². The van der Waals surface area contributed by atoms with Gasteiger partial charge in [-0.25, -0.2) is 0 Å². The fourth-order valence-corrected chi connectivity index (χ4v) is 3.88. The maximum atomic E-state index is 13.1. The summed E-state index contributed by atoms with van der Waals surface area (Å²) in [6, 6.07) is 15.4. The van der Waals surface area contributed by atoms with Gasteiger partial charge in [0.25, 0.3) is 0 Å². The van der Waals surface area contributed by atoms with Crippen LogP contribution in [0.5, 0.6) is 0 Å². The Morgan fingerprint density at radius 2 is 1.62 bits per heavy atom. The Bertz CT molecular complexity index is 1260. The average molecular weight is 431 g/mol. The van der Waals surface area contributed by atoms with Crippen LogP contribution in [0, 0.1) is 5.92 Å². The molecule has 0 fully saturated rings. The molecule has 2 aromatic carbocycles. The van der Waals surface area contributed by atoms with E-state index in [0.717, 1.165) is 0 Å². The van der Waals surface area contributed by atoms with E-state index in [4.69, 9.17) is 0 Å². The molecule has 0 aliphatic rings. The molecule has 3 N–H and O–H groups in total. The topological polar surface area (TPSA) is 109 Å². The van der Waals surface area contributed by atoms with Crippen LogP contribution in [0.3, 0.4) is 0 Å². The number of aromatic nitrogens is 3. The summed E-state index contributed by atoms with van der Waals surface area (Å²) >= 11 is 0. The standard InChI is InChI=1S/C24H25N5O3/c1-15(2)13-18(24(32)27-21-11-12-25-28-21)26-22(30)14-29-19-9-5-3-7-16(19)23(31)17-8-4-6-10-20(17)29/h3-12,15,18H,13-14H2,1-2H3,(H,26,30)(H2,25,27,28,32). The van der Waals surface area contributed by atoms with Crippen molar-refractivity contribution in [3.63, 3.8) is 0 Å². The molecule has 4 rings (SSSR count). The van der Waals surface area contributed by atoms with Gasteiger partial charge in [0, 0.05) is 16.8 Å². The Kier molecular flexibility index (Phi) is 6.02. The molecule has 2 heterocycles. The molecule has 0 saturated carbocycles. The number of fused-ring (bicyclic) bond motifs is 2. The van der Waals surface area contributed by atoms with Crippen LogP contribution in [-0.4, -0.2) is 32.6 Å². The van der Waals surface area contributed by atoms with Gasteiger partial charge in [0.1, 0.15) is 18.4 Å². The predicted molar refractivity (Wildman–Crippen MR) is 124 cm³/mol. The third kappa shape index (κ3) is 4.39. The number of nitrogens with zero attached hydrogens (tertiary/aromatic N) is 2. The number of rotatable bonds is 7. The van der Waals surface area contributed by atoms with E-state index in [1.54, 1.807) is 30.3 Å². The lowest BCUT2D eigenvalue weighted by molar-refractivity contribution is -0.127. The van der Waals surface area contributed by atoms with Crippen molar-refractivity contribution in [3.8, 4) is 0 Å². The van der Waals surface area contributed by atoms with Crippen LogP contribution in [0.15, 0.2) is 65.6 Å². The Morgan fingerprint density at radius 1 is 1.00 bits per heavy atom. The molecule has 2 amide bonds. The number of H-pyrrole nitrogens is 1. The Hall–Kier alpha value is -3.94. The monoisotopic (exact) mass is 431 g/mol. The largest absolute Gasteiger partial charge is 0.343 e. The van der Waals surface area contributed by atoms with Crippen LogP contribution in [-0.2, 0) is 16.1 Å². The molecule has 1 atom stereocenters. The number of hydrogen-bond acceptors (Lipinski definition) is 4. The van der Waals surface area contributed by atoms with Gasteiger partial charge in [0.2, 0.25) is 11.8 Å². The minimum Gasteiger partial charge on any atom is -0.343 e. The van der Waals surface area contributed by atoms with Crippen LogP contribution < -0.4 is 16.1 Å². The molecule has 2 aromatic heterocycles. The summed E-state index contributed by atoms with van der Waals surface area (Å²) in [5, 5.41) is 13.2. The second-order valence-electron chi connectivity index (χ2n) is 8.16. The maximum Gasteiger partial charge on any atom is 0.248 e. The molecular weight excluding hydrogens is 406 g/mol. The highest BCUT2D eigenvalue weighted by Gasteiger charge is 2.23. The zero-order chi connectivity index (χ0) is 22.7. The number of anilines is 1. The molecule has 0 bridgehead atoms. The molecule has 0 aliphatic carbocycles. The van der Waals surface area contributed by atoms with Crippen molar-refractivity contribution < 1.29 is 9.59 Å². The van der Waals surface area contributed by atoms with Crippen molar-refractivity contribution in [1.29, 1.82) is 0 Å². The fourth-order valence-electron chi connectivity index (χ4n) is 3.88. The smallest absolute Gasteiger partial charge is 0.248 e. The summed E-state index contributed by atoms with van der Waals surface area (Å²) in [5.74, 6) is 0.0394. The predicted octanol–water partition coefficient (Wildman–Crippen LogP) is 3.05. The van der Waals surface area contributed by atoms with E-state index >= 15 is 0 Å². The first-order valence-electron chi connectivity index (χ1n) is 10.5. The van der Waals surface area contributed by atoms with Crippen LogP contribution >= 0.6 is 0 Å². The molecule has 8 nitrogen and oxygen atoms in total. The SMILES string of the molecule is CC(C)CC(NC(=O)Cn1c2ccccc2c(=O)c2ccccc21)C(=O)Nc1ccn[nH]1. The number of benzene rings is 2. The minimum atomic E-state index is -0.706. The highest BCUT2D eigenvalue weighted by molar-refractivity contribution is 5.98. The summed E-state index contributed by atoms with van der Waals surface area (Å²) in [5.41, 5.74) is 1.28. The van der Waals surface area contributed by atoms with Crippen molar-refractivity contribution in [2.45, 2.75) is 32.9 Å². The van der Waals surface area contributed by atoms with Crippen molar-refractivity contribution in [3.05, 3.63) is 71.0 Å². The van der Waals surface area contributed by atoms with E-state index in [0.29, 0.717) is 34.0 Å². The second-order valence-corrected chi connectivity index (χ2v) is 8.16. The van der Waals surface area contributed by atoms with Gasteiger partial charge in [-0.15, -0.1) is 0 Å². The fraction of sp³-hybridized carbons (Fsp3) is 0.250. The first-order chi connectivity index (χ1) is 15.4. The summed E-state index contributed by atoms with van der Waals surface area (Å²) in [6.45, 7) is 3.96. The molecule has 0 aliphatic heterocycles. The number of amides is 2. The number of nitrogens with one attached hydrogen (secondary N) is 3. The van der Waals surface area contributed by atoms with Crippen LogP contribution in [0.4, 0.5) is 5.82 Å². The molecule has 32 heavy (non-hydrogen) atoms. The van der Waals surface area contributed by atoms with Crippen molar-refractivity contribution in [2.75, 3.05) is 5.32 Å². The van der Waals surface area contributed by atoms with Crippen LogP contribution in [0.2, 0.25) is 0 Å². The van der Waals surface area contributed by atoms with Gasteiger partial charge in [0.15, 0.2) is 5.43 Å². The second kappa shape index (κ2) is 9.05. The first-order valence-corrected chi connectivity index (χ1v) is 10.5. The van der Waals surface area contributed by atoms with Crippen molar-refractivity contribution in [1.82, 2.24) is 20.1 Å². The summed E-state index contributed by atoms with van der Waals surface area (Å²) < 4.78 is 1.82. The van der Waals surface area contributed by atoms with E-state index < -0.39 is 6.04 Å². The molecule has 1 unspecified atom stereocenters. The van der Waals surface area contributed by atoms with Crippen molar-refractivity contribution >= 4 is 39.4 Å². The van der Waals surface area contributed by atoms with Gasteiger partial charge in [-0.1, -0.05) is 38.1 Å². The normalized spacial score (nSPS) is 12.2. The molecule has 0 saturated heterocycles. The lowest BCUT2D eigenvalue weighted by Gasteiger charge is -2.21. The Morgan fingerprint density at radius 3 is 2.19 bits per heavy atom. The van der Waals surface area contributed by atoms with Gasteiger partial charge in [0.05, 0.1) is 17.2 Å². The van der Waals surface area contributed by atoms with E-state index in [1.165, 1.54) is 6.20 Å². The van der Waals surface area contributed by atoms with Gasteiger partial charge >= 0.3 is 0 Å². The lowest BCUT2D eigenvalue weighted by Crippen LogP contribution is -2.45. The first kappa shape index (κ1) is 21.3. The highest BCUT2D eigenvalue weighted by atomic mass is 16.2. The Labute approximate surface area is 184 Å². The van der Waals surface area contributed by atoms with E-state index in [-0.39, 0.29) is 29.7 Å². The quantitative estimate of drug-likeness (QED) is 0.391. The average Bonchev–Trinajstić information content (AvgIpc) is 3.29. The van der Waals surface area contributed by atoms with Crippen LogP contribution in [0.1, 0.15) is 20.3 Å². The molecule has 0 radical (unpaired) electrons. The zero-order valence-electron chi connectivity index (χ0n) is 18.0. The minimum absolute atomic E-state index is 0.0206. The van der Waals surface area contributed by atoms with Crippen LogP contribution in [0.25, 0.3) is 21.8 Å². The van der Waals surface area contributed by atoms with E-state index in [2.05, 4.69) is 20.8 Å². The third-order valence-corrected chi connectivity index (χ3v) is 5.30. The summed E-state index contributed by atoms with van der Waals surface area (Å²) in [7, 11) is 0. The number of para-hydroxylation sites is 2. The number of carbonyl (C=O) groups excluding carboxylic acids is 2. The zero-order valence-corrected chi connectivity index (χ0v) is 18.0. The Balaban J connectivity index is 1.64. The maximum absolute atomic E-state index is 13.1. The summed E-state index contributed by atoms with van der Waals surface area (Å²) in [4.78, 5) is 38.7. The van der Waals surface area contributed by atoms with Gasteiger partial charge in [-0.3, -0.25) is 19.5 Å². The number of hydrogen-bond donors (Lipinski definition) is 3. The number of carbonyl (C=O) groups is 2. The van der Waals surface area contributed by atoms with E-state index in [1.807, 2.05) is 42.7 Å². The molecular formula is C24H25N5O3. The molecule has 4 aromatic rings. The molecule has 8 heteroatoms. The molecule has 164 valence electrons. The number of aromatic amines is 1. The molecule has 0 spiro atoms. The summed E-state index contributed by atoms with van der Waals surface area (Å²) in [6.07, 6.45) is 2.02.